The van der Waals surface area contributed by atoms with Gasteiger partial charge in [-0.25, -0.2) is 8.42 Å². The van der Waals surface area contributed by atoms with Crippen LogP contribution in [0.3, 0.4) is 0 Å². The molecular formula is C16H20N2O5S. The summed E-state index contributed by atoms with van der Waals surface area (Å²) in [4.78, 5) is 24.6. The first-order chi connectivity index (χ1) is 11.2. The van der Waals surface area contributed by atoms with Crippen molar-refractivity contribution in [3.05, 3.63) is 45.4 Å². The first-order valence-corrected chi connectivity index (χ1v) is 9.33. The molecular weight excluding hydrogens is 332 g/mol. The number of nitrogens with zero attached hydrogens (tertiary/aromatic N) is 1. The van der Waals surface area contributed by atoms with Gasteiger partial charge in [-0.1, -0.05) is 6.92 Å². The summed E-state index contributed by atoms with van der Waals surface area (Å²) >= 11 is 0. The molecule has 1 N–H and O–H groups in total. The average Bonchev–Trinajstić information content (AvgIpc) is 2.84. The minimum atomic E-state index is -3.51. The number of hydrogen-bond acceptors (Lipinski definition) is 5. The number of ketones is 1. The number of carbonyl (C=O) groups excluding carboxylic acids is 1. The lowest BCUT2D eigenvalue weighted by Crippen LogP contribution is -2.20. The van der Waals surface area contributed by atoms with Crippen molar-refractivity contribution in [2.24, 2.45) is 7.05 Å². The Hall–Kier alpha value is -2.35. The Morgan fingerprint density at radius 2 is 1.96 bits per heavy atom. The summed E-state index contributed by atoms with van der Waals surface area (Å²) < 4.78 is 30.7. The Balaban J connectivity index is 2.62. The molecule has 8 heteroatoms. The maximum Gasteiger partial charge on any atom is 0.277 e. The fourth-order valence-corrected chi connectivity index (χ4v) is 3.22. The van der Waals surface area contributed by atoms with Crippen LogP contribution >= 0.6 is 0 Å². The predicted octanol–water partition coefficient (Wildman–Crippen LogP) is 1.45. The Morgan fingerprint density at radius 3 is 2.46 bits per heavy atom. The SMILES string of the molecule is CCCOc1c(S(C)(=O)=O)ccc(C(=O)c2c[nH]n(C)c2=O)c1C. The number of benzene rings is 1. The topological polar surface area (TPSA) is 98.2 Å². The molecule has 0 aliphatic heterocycles. The molecule has 7 nitrogen and oxygen atoms in total. The van der Waals surface area contributed by atoms with Crippen molar-refractivity contribution in [1.29, 1.82) is 0 Å². The van der Waals surface area contributed by atoms with Gasteiger partial charge in [0.25, 0.3) is 5.56 Å². The van der Waals surface area contributed by atoms with E-state index in [-0.39, 0.29) is 21.8 Å². The van der Waals surface area contributed by atoms with E-state index in [1.54, 1.807) is 6.92 Å². The van der Waals surface area contributed by atoms with Gasteiger partial charge in [0.15, 0.2) is 9.84 Å². The minimum Gasteiger partial charge on any atom is -0.492 e. The number of hydrogen-bond donors (Lipinski definition) is 1. The van der Waals surface area contributed by atoms with E-state index in [4.69, 9.17) is 4.74 Å². The molecule has 2 aromatic rings. The summed E-state index contributed by atoms with van der Waals surface area (Å²) in [5.41, 5.74) is 0.196. The van der Waals surface area contributed by atoms with Crippen LogP contribution in [0.4, 0.5) is 0 Å². The second-order valence-electron chi connectivity index (χ2n) is 5.57. The quantitative estimate of drug-likeness (QED) is 0.793. The van der Waals surface area contributed by atoms with Crippen molar-refractivity contribution in [1.82, 2.24) is 9.78 Å². The highest BCUT2D eigenvalue weighted by Gasteiger charge is 2.24. The third-order valence-corrected chi connectivity index (χ3v) is 4.77. The lowest BCUT2D eigenvalue weighted by molar-refractivity contribution is 0.103. The number of aryl methyl sites for hydroxylation is 1. The number of aromatic nitrogens is 2. The molecule has 0 fully saturated rings. The number of carbonyl (C=O) groups is 1. The number of rotatable bonds is 6. The molecule has 0 radical (unpaired) electrons. The maximum atomic E-state index is 12.6. The largest absolute Gasteiger partial charge is 0.492 e. The van der Waals surface area contributed by atoms with E-state index in [0.717, 1.165) is 6.26 Å². The van der Waals surface area contributed by atoms with Gasteiger partial charge in [0, 0.05) is 30.6 Å². The summed E-state index contributed by atoms with van der Waals surface area (Å²) in [5.74, 6) is -0.312. The highest BCUT2D eigenvalue weighted by molar-refractivity contribution is 7.90. The molecule has 2 rings (SSSR count). The third kappa shape index (κ3) is 3.28. The summed E-state index contributed by atoms with van der Waals surface area (Å²) in [6.07, 6.45) is 3.12. The molecule has 0 unspecified atom stereocenters. The highest BCUT2D eigenvalue weighted by Crippen LogP contribution is 2.31. The van der Waals surface area contributed by atoms with Crippen LogP contribution in [-0.2, 0) is 16.9 Å². The van der Waals surface area contributed by atoms with E-state index in [1.165, 1.54) is 30.1 Å². The molecule has 0 aliphatic carbocycles. The van der Waals surface area contributed by atoms with Gasteiger partial charge >= 0.3 is 0 Å². The van der Waals surface area contributed by atoms with E-state index in [2.05, 4.69) is 5.10 Å². The molecule has 24 heavy (non-hydrogen) atoms. The number of ether oxygens (including phenoxy) is 1. The van der Waals surface area contributed by atoms with Gasteiger partial charge in [-0.3, -0.25) is 14.3 Å². The summed E-state index contributed by atoms with van der Waals surface area (Å²) in [6.45, 7) is 3.84. The zero-order valence-corrected chi connectivity index (χ0v) is 14.9. The standard InChI is InChI=1S/C16H20N2O5S/c1-5-8-23-15-10(2)11(6-7-13(15)24(4,21)22)14(19)12-9-17-18(3)16(12)20/h6-7,9,17H,5,8H2,1-4H3. The zero-order chi connectivity index (χ0) is 18.1. The van der Waals surface area contributed by atoms with Gasteiger partial charge in [-0.2, -0.15) is 0 Å². The first kappa shape index (κ1) is 18.0. The molecule has 0 saturated heterocycles. The monoisotopic (exact) mass is 352 g/mol. The normalized spacial score (nSPS) is 11.5. The van der Waals surface area contributed by atoms with E-state index in [1.807, 2.05) is 6.92 Å². The van der Waals surface area contributed by atoms with E-state index in [9.17, 15) is 18.0 Å². The Morgan fingerprint density at radius 1 is 1.29 bits per heavy atom. The lowest BCUT2D eigenvalue weighted by Gasteiger charge is -2.15. The average molecular weight is 352 g/mol. The second kappa shape index (κ2) is 6.64. The van der Waals surface area contributed by atoms with Gasteiger partial charge in [0.1, 0.15) is 16.2 Å². The maximum absolute atomic E-state index is 12.6. The molecule has 0 amide bonds. The Labute approximate surface area is 140 Å². The molecule has 1 aromatic heterocycles. The first-order valence-electron chi connectivity index (χ1n) is 7.44. The fourth-order valence-electron chi connectivity index (χ4n) is 2.36. The highest BCUT2D eigenvalue weighted by atomic mass is 32.2. The molecule has 1 heterocycles. The summed E-state index contributed by atoms with van der Waals surface area (Å²) in [6, 6.07) is 2.76. The van der Waals surface area contributed by atoms with Crippen LogP contribution in [0.2, 0.25) is 0 Å². The van der Waals surface area contributed by atoms with Gasteiger partial charge < -0.3 is 9.84 Å². The van der Waals surface area contributed by atoms with E-state index in [0.29, 0.717) is 18.6 Å². The molecule has 1 aromatic carbocycles. The lowest BCUT2D eigenvalue weighted by atomic mass is 10.0. The van der Waals surface area contributed by atoms with Gasteiger partial charge in [-0.15, -0.1) is 0 Å². The number of nitrogens with one attached hydrogen (secondary N) is 1. The van der Waals surface area contributed by atoms with Gasteiger partial charge in [0.05, 0.1) is 6.61 Å². The predicted molar refractivity (Wildman–Crippen MR) is 89.5 cm³/mol. The number of aromatic amines is 1. The molecule has 0 aliphatic rings. The van der Waals surface area contributed by atoms with Crippen molar-refractivity contribution < 1.29 is 17.9 Å². The van der Waals surface area contributed by atoms with Crippen LogP contribution in [0.15, 0.2) is 28.0 Å². The fraction of sp³-hybridized carbons (Fsp3) is 0.375. The van der Waals surface area contributed by atoms with Crippen LogP contribution < -0.4 is 10.3 Å². The van der Waals surface area contributed by atoms with E-state index < -0.39 is 21.2 Å². The molecule has 0 spiro atoms. The Bertz CT molecular complexity index is 938. The van der Waals surface area contributed by atoms with Crippen molar-refractivity contribution in [2.75, 3.05) is 12.9 Å². The smallest absolute Gasteiger partial charge is 0.277 e. The van der Waals surface area contributed by atoms with Gasteiger partial charge in [0.2, 0.25) is 5.78 Å². The van der Waals surface area contributed by atoms with Crippen LogP contribution in [0.5, 0.6) is 5.75 Å². The molecule has 0 bridgehead atoms. The van der Waals surface area contributed by atoms with Crippen molar-refractivity contribution >= 4 is 15.6 Å². The van der Waals surface area contributed by atoms with Crippen LogP contribution in [0.25, 0.3) is 0 Å². The van der Waals surface area contributed by atoms with Gasteiger partial charge in [-0.05, 0) is 25.5 Å². The van der Waals surface area contributed by atoms with Crippen molar-refractivity contribution in [2.45, 2.75) is 25.2 Å². The molecule has 0 saturated carbocycles. The molecule has 0 atom stereocenters. The zero-order valence-electron chi connectivity index (χ0n) is 14.0. The summed E-state index contributed by atoms with van der Waals surface area (Å²) in [5, 5.41) is 2.65. The minimum absolute atomic E-state index is 0.00542. The Kier molecular flexibility index (Phi) is 4.98. The third-order valence-electron chi connectivity index (χ3n) is 3.65. The van der Waals surface area contributed by atoms with Crippen molar-refractivity contribution in [3.63, 3.8) is 0 Å². The van der Waals surface area contributed by atoms with Crippen LogP contribution in [0, 0.1) is 6.92 Å². The van der Waals surface area contributed by atoms with Crippen LogP contribution in [-0.4, -0.2) is 36.8 Å². The number of sulfone groups is 1. The van der Waals surface area contributed by atoms with Crippen molar-refractivity contribution in [3.8, 4) is 5.75 Å². The van der Waals surface area contributed by atoms with E-state index >= 15 is 0 Å². The molecule has 130 valence electrons. The number of H-pyrrole nitrogens is 1. The summed E-state index contributed by atoms with van der Waals surface area (Å²) in [7, 11) is -2.00. The second-order valence-corrected chi connectivity index (χ2v) is 7.55. The van der Waals surface area contributed by atoms with Crippen LogP contribution in [0.1, 0.15) is 34.8 Å².